The van der Waals surface area contributed by atoms with Gasteiger partial charge in [0.1, 0.15) is 11.4 Å². The van der Waals surface area contributed by atoms with Gasteiger partial charge >= 0.3 is 0 Å². The van der Waals surface area contributed by atoms with Gasteiger partial charge in [-0.15, -0.1) is 0 Å². The van der Waals surface area contributed by atoms with Crippen LogP contribution in [0.5, 0.6) is 0 Å². The van der Waals surface area contributed by atoms with Gasteiger partial charge in [-0.25, -0.2) is 4.39 Å². The van der Waals surface area contributed by atoms with E-state index in [1.165, 1.54) is 12.1 Å². The maximum atomic E-state index is 13.8. The van der Waals surface area contributed by atoms with Gasteiger partial charge in [0.2, 0.25) is 0 Å². The van der Waals surface area contributed by atoms with Gasteiger partial charge in [0.25, 0.3) is 0 Å². The van der Waals surface area contributed by atoms with E-state index in [9.17, 15) is 4.39 Å². The quantitative estimate of drug-likeness (QED) is 0.217. The van der Waals surface area contributed by atoms with Crippen molar-refractivity contribution in [1.82, 2.24) is 0 Å². The number of halogens is 1. The van der Waals surface area contributed by atoms with Crippen LogP contribution in [-0.4, -0.2) is 0 Å². The topological polar surface area (TPSA) is 19.6 Å². The summed E-state index contributed by atoms with van der Waals surface area (Å²) in [4.78, 5) is 4.34. The highest BCUT2D eigenvalue weighted by molar-refractivity contribution is 6.10. The third-order valence-corrected chi connectivity index (χ3v) is 7.10. The van der Waals surface area contributed by atoms with Crippen LogP contribution in [0, 0.1) is 5.82 Å². The Kier molecular flexibility index (Phi) is 5.98. The Balaban J connectivity index is 1.37. The Hall–Kier alpha value is -5.35. The molecule has 1 aromatic heterocycles. The third-order valence-electron chi connectivity index (χ3n) is 7.10. The van der Waals surface area contributed by atoms with E-state index in [4.69, 9.17) is 4.42 Å². The van der Waals surface area contributed by atoms with Crippen molar-refractivity contribution >= 4 is 56.1 Å². The van der Waals surface area contributed by atoms with E-state index in [1.54, 1.807) is 12.1 Å². The highest BCUT2D eigenvalue weighted by Gasteiger charge is 2.20. The van der Waals surface area contributed by atoms with Crippen LogP contribution >= 0.6 is 0 Å². The molecular formula is C36H25FN2O. The molecule has 0 unspecified atom stereocenters. The first-order chi connectivity index (χ1) is 19.8. The molecule has 192 valence electrons. The van der Waals surface area contributed by atoms with Crippen molar-refractivity contribution in [1.29, 1.82) is 0 Å². The van der Waals surface area contributed by atoms with Crippen molar-refractivity contribution in [3.05, 3.63) is 157 Å². The van der Waals surface area contributed by atoms with E-state index in [0.717, 1.165) is 56.1 Å². The first-order valence-corrected chi connectivity index (χ1v) is 13.2. The zero-order valence-electron chi connectivity index (χ0n) is 21.6. The number of rotatable bonds is 6. The van der Waals surface area contributed by atoms with E-state index < -0.39 is 0 Å². The molecule has 0 spiro atoms. The van der Waals surface area contributed by atoms with Crippen molar-refractivity contribution in [2.24, 2.45) is 0 Å². The number of benzene rings is 6. The smallest absolute Gasteiger partial charge is 0.159 e. The Labute approximate surface area is 232 Å². The van der Waals surface area contributed by atoms with Gasteiger partial charge in [-0.3, -0.25) is 0 Å². The lowest BCUT2D eigenvalue weighted by Crippen LogP contribution is -2.12. The predicted octanol–water partition coefficient (Wildman–Crippen LogP) is 10.7. The van der Waals surface area contributed by atoms with E-state index >= 15 is 0 Å². The summed E-state index contributed by atoms with van der Waals surface area (Å²) >= 11 is 0. The Bertz CT molecular complexity index is 1900. The normalized spacial score (nSPS) is 11.1. The summed E-state index contributed by atoms with van der Waals surface area (Å²) in [7, 11) is 0. The lowest BCUT2D eigenvalue weighted by atomic mass is 10.1. The molecule has 4 heteroatoms. The molecule has 0 N–H and O–H groups in total. The highest BCUT2D eigenvalue weighted by Crippen LogP contribution is 2.43. The zero-order valence-corrected chi connectivity index (χ0v) is 21.6. The number of nitrogens with zero attached hydrogens (tertiary/aromatic N) is 2. The number of para-hydroxylation sites is 4. The number of anilines is 6. The van der Waals surface area contributed by atoms with Crippen LogP contribution in [0.1, 0.15) is 0 Å². The molecule has 0 aliphatic carbocycles. The molecule has 40 heavy (non-hydrogen) atoms. The fourth-order valence-electron chi connectivity index (χ4n) is 5.28. The van der Waals surface area contributed by atoms with E-state index in [2.05, 4.69) is 82.6 Å². The van der Waals surface area contributed by atoms with E-state index in [1.807, 2.05) is 54.6 Å². The summed E-state index contributed by atoms with van der Waals surface area (Å²) in [6.07, 6.45) is 0. The minimum Gasteiger partial charge on any atom is -0.454 e. The molecular weight excluding hydrogens is 495 g/mol. The average Bonchev–Trinajstić information content (AvgIpc) is 3.40. The van der Waals surface area contributed by atoms with Gasteiger partial charge in [0, 0.05) is 39.2 Å². The molecule has 0 saturated heterocycles. The standard InChI is InChI=1S/C36H25FN2O/c37-26-18-20-29(21-19-26)38(27-10-3-1-4-11-27)30-22-24-31(25-23-30)39(28-12-5-2-6-13-28)34-16-9-15-33-32-14-7-8-17-35(32)40-36(33)34/h1-25H. The number of fused-ring (bicyclic) bond motifs is 3. The first-order valence-electron chi connectivity index (χ1n) is 13.2. The minimum atomic E-state index is -0.259. The molecule has 0 amide bonds. The largest absolute Gasteiger partial charge is 0.454 e. The fraction of sp³-hybridized carbons (Fsp3) is 0. The fourth-order valence-corrected chi connectivity index (χ4v) is 5.28. The van der Waals surface area contributed by atoms with E-state index in [-0.39, 0.29) is 5.82 Å². The molecule has 0 aliphatic rings. The second kappa shape index (κ2) is 10.1. The van der Waals surface area contributed by atoms with Crippen LogP contribution < -0.4 is 9.80 Å². The molecule has 0 aliphatic heterocycles. The monoisotopic (exact) mass is 520 g/mol. The third kappa shape index (κ3) is 4.26. The van der Waals surface area contributed by atoms with Crippen LogP contribution in [-0.2, 0) is 0 Å². The average molecular weight is 521 g/mol. The number of hydrogen-bond acceptors (Lipinski definition) is 3. The Morgan fingerprint density at radius 3 is 1.52 bits per heavy atom. The van der Waals surface area contributed by atoms with Gasteiger partial charge in [0.05, 0.1) is 5.69 Å². The summed E-state index contributed by atoms with van der Waals surface area (Å²) < 4.78 is 20.2. The maximum Gasteiger partial charge on any atom is 0.159 e. The van der Waals surface area contributed by atoms with E-state index in [0.29, 0.717) is 0 Å². The number of furan rings is 1. The predicted molar refractivity (Wildman–Crippen MR) is 163 cm³/mol. The second-order valence-corrected chi connectivity index (χ2v) is 9.59. The van der Waals surface area contributed by atoms with Gasteiger partial charge in [-0.2, -0.15) is 0 Å². The summed E-state index contributed by atoms with van der Waals surface area (Å²) in [5.74, 6) is -0.259. The van der Waals surface area contributed by atoms with Crippen LogP contribution in [0.4, 0.5) is 38.5 Å². The minimum absolute atomic E-state index is 0.259. The Morgan fingerprint density at radius 2 is 0.875 bits per heavy atom. The molecule has 0 radical (unpaired) electrons. The van der Waals surface area contributed by atoms with Crippen molar-refractivity contribution in [3.8, 4) is 0 Å². The molecule has 1 heterocycles. The molecule has 3 nitrogen and oxygen atoms in total. The Morgan fingerprint density at radius 1 is 0.400 bits per heavy atom. The first kappa shape index (κ1) is 23.7. The van der Waals surface area contributed by atoms with Gasteiger partial charge in [-0.1, -0.05) is 66.7 Å². The van der Waals surface area contributed by atoms with Crippen LogP contribution in [0.15, 0.2) is 156 Å². The molecule has 0 fully saturated rings. The number of hydrogen-bond donors (Lipinski definition) is 0. The lowest BCUT2D eigenvalue weighted by Gasteiger charge is -2.28. The van der Waals surface area contributed by atoms with Crippen molar-refractivity contribution in [3.63, 3.8) is 0 Å². The van der Waals surface area contributed by atoms with Gasteiger partial charge in [-0.05, 0) is 84.9 Å². The summed E-state index contributed by atoms with van der Waals surface area (Å²) in [5.41, 5.74) is 7.54. The van der Waals surface area contributed by atoms with Crippen molar-refractivity contribution < 1.29 is 8.81 Å². The summed E-state index contributed by atoms with van der Waals surface area (Å²) in [5, 5.41) is 2.18. The molecule has 0 bridgehead atoms. The lowest BCUT2D eigenvalue weighted by molar-refractivity contribution is 0.628. The van der Waals surface area contributed by atoms with Crippen molar-refractivity contribution in [2.45, 2.75) is 0 Å². The zero-order chi connectivity index (χ0) is 26.9. The molecule has 0 atom stereocenters. The van der Waals surface area contributed by atoms with Crippen LogP contribution in [0.3, 0.4) is 0 Å². The van der Waals surface area contributed by atoms with Gasteiger partial charge in [0.15, 0.2) is 5.58 Å². The molecule has 6 aromatic carbocycles. The SMILES string of the molecule is Fc1ccc(N(c2ccccc2)c2ccc(N(c3ccccc3)c3cccc4c3oc3ccccc34)cc2)cc1. The second-order valence-electron chi connectivity index (χ2n) is 9.59. The molecule has 7 rings (SSSR count). The molecule has 0 saturated carbocycles. The van der Waals surface area contributed by atoms with Gasteiger partial charge < -0.3 is 14.2 Å². The van der Waals surface area contributed by atoms with Crippen LogP contribution in [0.25, 0.3) is 21.9 Å². The van der Waals surface area contributed by atoms with Crippen LogP contribution in [0.2, 0.25) is 0 Å². The highest BCUT2D eigenvalue weighted by atomic mass is 19.1. The maximum absolute atomic E-state index is 13.8. The summed E-state index contributed by atoms with van der Waals surface area (Å²) in [6, 6.07) is 49.8. The van der Waals surface area contributed by atoms with Crippen molar-refractivity contribution in [2.75, 3.05) is 9.80 Å². The summed E-state index contributed by atoms with van der Waals surface area (Å²) in [6.45, 7) is 0. The molecule has 7 aromatic rings.